The number of hydrazone groups is 1. The van der Waals surface area contributed by atoms with Crippen molar-refractivity contribution < 1.29 is 56.8 Å². The molecule has 0 spiro atoms. The van der Waals surface area contributed by atoms with E-state index in [1.807, 2.05) is 6.07 Å². The van der Waals surface area contributed by atoms with Crippen LogP contribution in [0.15, 0.2) is 28.3 Å². The van der Waals surface area contributed by atoms with Gasteiger partial charge < -0.3 is 58.1 Å². The lowest BCUT2D eigenvalue weighted by molar-refractivity contribution is -0.0221. The Morgan fingerprint density at radius 1 is 0.493 bits per heavy atom. The Labute approximate surface area is 406 Å². The molecule has 0 aliphatic carbocycles. The van der Waals surface area contributed by atoms with Crippen LogP contribution in [0.1, 0.15) is 148 Å². The van der Waals surface area contributed by atoms with Gasteiger partial charge in [0.2, 0.25) is 0 Å². The first-order valence-corrected chi connectivity index (χ1v) is 28.2. The van der Waals surface area contributed by atoms with Crippen molar-refractivity contribution in [3.05, 3.63) is 23.8 Å². The molecule has 0 bridgehead atoms. The zero-order chi connectivity index (χ0) is 48.4. The molecule has 67 heavy (non-hydrogen) atoms. The highest BCUT2D eigenvalue weighted by molar-refractivity contribution is 7.57. The minimum atomic E-state index is -3.01. The Hall–Kier alpha value is -2.17. The van der Waals surface area contributed by atoms with E-state index in [2.05, 4.69) is 36.1 Å². The number of nitrogens with two attached hydrogens (primary N) is 1. The quantitative estimate of drug-likeness (QED) is 0.0207. The molecule has 0 aliphatic rings. The summed E-state index contributed by atoms with van der Waals surface area (Å²) >= 11 is 0. The van der Waals surface area contributed by atoms with E-state index in [0.29, 0.717) is 118 Å². The van der Waals surface area contributed by atoms with E-state index < -0.39 is 7.37 Å². The molecule has 0 aliphatic heterocycles. The van der Waals surface area contributed by atoms with Crippen molar-refractivity contribution in [1.29, 1.82) is 0 Å². The molecule has 1 aromatic rings. The number of nitrogens with zero attached hydrogens (tertiary/aromatic N) is 2. The Bertz CT molecular complexity index is 1280. The molecule has 1 rings (SSSR count). The zero-order valence-electron chi connectivity index (χ0n) is 42.5. The number of unbranched alkanes of at least 4 members (excludes halogenated alkanes) is 18. The van der Waals surface area contributed by atoms with Gasteiger partial charge in [-0.05, 0) is 30.5 Å². The first-order chi connectivity index (χ1) is 32.9. The van der Waals surface area contributed by atoms with Gasteiger partial charge in [0.05, 0.1) is 125 Å². The summed E-state index contributed by atoms with van der Waals surface area (Å²) in [5, 5.41) is 3.86. The van der Waals surface area contributed by atoms with Gasteiger partial charge in [-0.1, -0.05) is 129 Å². The van der Waals surface area contributed by atoms with Crippen LogP contribution in [-0.2, 0) is 49.0 Å². The summed E-state index contributed by atoms with van der Waals surface area (Å²) in [5.41, 5.74) is 1.55. The molecule has 0 saturated carbocycles. The number of hydrogen-bond acceptors (Lipinski definition) is 14. The fourth-order valence-corrected chi connectivity index (χ4v) is 7.23. The summed E-state index contributed by atoms with van der Waals surface area (Å²) in [5.74, 6) is 7.31. The summed E-state index contributed by atoms with van der Waals surface area (Å²) in [6, 6.07) is 6.12. The van der Waals surface area contributed by atoms with E-state index in [9.17, 15) is 9.46 Å². The van der Waals surface area contributed by atoms with Gasteiger partial charge in [-0.25, -0.2) is 0 Å². The van der Waals surface area contributed by atoms with Crippen molar-refractivity contribution in [1.82, 2.24) is 0 Å². The molecular formula is C51H96N3O12P. The molecule has 15 nitrogen and oxygen atoms in total. The standard InChI is InChI=1S/C51H96N3O12P/c1-4-6-8-10-12-14-16-18-20-22-24-65-50-42-48(43-51(44-50)66-25-23-21-19-17-15-13-11-9-7-5-2)45-53-46-49(54-52)47-64-39-38-62-35-34-60-31-30-58-27-26-57-28-29-59-32-33-61-36-37-63-40-41-67(3,55)56/h42-44,46H,4-41,45,47,52H2,1-3H3,(H,55,56). The maximum absolute atomic E-state index is 11.2. The summed E-state index contributed by atoms with van der Waals surface area (Å²) in [7, 11) is -3.01. The predicted molar refractivity (Wildman–Crippen MR) is 272 cm³/mol. The number of hydrogen-bond donors (Lipinski definition) is 2. The van der Waals surface area contributed by atoms with Crippen LogP contribution < -0.4 is 15.3 Å². The first kappa shape index (κ1) is 62.8. The van der Waals surface area contributed by atoms with Crippen LogP contribution >= 0.6 is 7.37 Å². The lowest BCUT2D eigenvalue weighted by Crippen LogP contribution is -2.17. The molecule has 0 radical (unpaired) electrons. The minimum Gasteiger partial charge on any atom is -0.493 e. The van der Waals surface area contributed by atoms with Crippen LogP contribution in [0.5, 0.6) is 11.5 Å². The lowest BCUT2D eigenvalue weighted by atomic mass is 10.1. The highest BCUT2D eigenvalue weighted by Gasteiger charge is 2.09. The van der Waals surface area contributed by atoms with E-state index in [0.717, 1.165) is 29.9 Å². The molecule has 0 aromatic heterocycles. The van der Waals surface area contributed by atoms with Crippen molar-refractivity contribution in [2.45, 2.75) is 149 Å². The van der Waals surface area contributed by atoms with Gasteiger partial charge in [-0.2, -0.15) is 5.10 Å². The average Bonchev–Trinajstić information content (AvgIpc) is 3.31. The molecular weight excluding hydrogens is 878 g/mol. The van der Waals surface area contributed by atoms with Crippen molar-refractivity contribution in [2.24, 2.45) is 15.9 Å². The van der Waals surface area contributed by atoms with Gasteiger partial charge in [-0.3, -0.25) is 9.56 Å². The van der Waals surface area contributed by atoms with E-state index in [4.69, 9.17) is 53.2 Å². The number of rotatable bonds is 53. The van der Waals surface area contributed by atoms with Crippen LogP contribution in [0.3, 0.4) is 0 Å². The van der Waals surface area contributed by atoms with Crippen LogP contribution in [0.4, 0.5) is 0 Å². The normalized spacial score (nSPS) is 12.9. The summed E-state index contributed by atoms with van der Waals surface area (Å²) in [6.45, 7) is 14.4. The molecule has 16 heteroatoms. The van der Waals surface area contributed by atoms with Crippen molar-refractivity contribution in [3.8, 4) is 11.5 Å². The van der Waals surface area contributed by atoms with E-state index in [-0.39, 0.29) is 19.4 Å². The third-order valence-corrected chi connectivity index (χ3v) is 11.7. The topological polar surface area (TPSA) is 180 Å². The van der Waals surface area contributed by atoms with Gasteiger partial charge in [0.25, 0.3) is 0 Å². The number of ether oxygens (including phenoxy) is 10. The second-order valence-corrected chi connectivity index (χ2v) is 19.6. The van der Waals surface area contributed by atoms with Gasteiger partial charge in [0, 0.05) is 25.1 Å². The smallest absolute Gasteiger partial charge is 0.199 e. The predicted octanol–water partition coefficient (Wildman–Crippen LogP) is 10.2. The van der Waals surface area contributed by atoms with Crippen LogP contribution in [-0.4, -0.2) is 149 Å². The van der Waals surface area contributed by atoms with Crippen molar-refractivity contribution >= 4 is 19.3 Å². The Balaban J connectivity index is 2.20. The molecule has 1 aromatic carbocycles. The van der Waals surface area contributed by atoms with Gasteiger partial charge in [0.1, 0.15) is 17.2 Å². The van der Waals surface area contributed by atoms with Crippen LogP contribution in [0.25, 0.3) is 0 Å². The molecule has 0 saturated heterocycles. The largest absolute Gasteiger partial charge is 0.493 e. The molecule has 3 N–H and O–H groups in total. The maximum Gasteiger partial charge on any atom is 0.199 e. The zero-order valence-corrected chi connectivity index (χ0v) is 43.3. The molecule has 0 amide bonds. The van der Waals surface area contributed by atoms with Gasteiger partial charge in [0.15, 0.2) is 7.37 Å². The maximum atomic E-state index is 11.2. The van der Waals surface area contributed by atoms with Crippen LogP contribution in [0, 0.1) is 0 Å². The summed E-state index contributed by atoms with van der Waals surface area (Å²) in [6.07, 6.45) is 27.7. The fraction of sp³-hybridized carbons (Fsp3) is 0.843. The summed E-state index contributed by atoms with van der Waals surface area (Å²) < 4.78 is 67.7. The molecule has 0 heterocycles. The minimum absolute atomic E-state index is 0.153. The molecule has 1 unspecified atom stereocenters. The highest BCUT2D eigenvalue weighted by Crippen LogP contribution is 2.34. The fourth-order valence-electron chi connectivity index (χ4n) is 6.76. The third kappa shape index (κ3) is 46.0. The second-order valence-electron chi connectivity index (χ2n) is 17.1. The summed E-state index contributed by atoms with van der Waals surface area (Å²) in [4.78, 5) is 13.8. The number of aliphatic imine (C=N–C) groups is 1. The third-order valence-electron chi connectivity index (χ3n) is 10.7. The van der Waals surface area contributed by atoms with Gasteiger partial charge >= 0.3 is 0 Å². The van der Waals surface area contributed by atoms with Crippen LogP contribution in [0.2, 0.25) is 0 Å². The average molecular weight is 974 g/mol. The second kappa shape index (κ2) is 48.8. The molecule has 392 valence electrons. The van der Waals surface area contributed by atoms with E-state index >= 15 is 0 Å². The Kier molecular flexibility index (Phi) is 45.8. The van der Waals surface area contributed by atoms with E-state index in [1.165, 1.54) is 122 Å². The monoisotopic (exact) mass is 974 g/mol. The lowest BCUT2D eigenvalue weighted by Gasteiger charge is -2.12. The Morgan fingerprint density at radius 3 is 1.16 bits per heavy atom. The van der Waals surface area contributed by atoms with E-state index in [1.54, 1.807) is 6.21 Å². The number of benzene rings is 1. The Morgan fingerprint density at radius 2 is 0.821 bits per heavy atom. The first-order valence-electron chi connectivity index (χ1n) is 25.9. The van der Waals surface area contributed by atoms with Crippen molar-refractivity contribution in [3.63, 3.8) is 0 Å². The van der Waals surface area contributed by atoms with Gasteiger partial charge in [-0.15, -0.1) is 0 Å². The molecule has 0 fully saturated rings. The SMILES string of the molecule is CCCCCCCCCCCCOc1cc(CN=CC(COCCOCCOCCOCCOCCOCCOCCOCCP(C)(=O)O)=NN)cc(OCCCCCCCCCCCC)c1. The molecule has 1 atom stereocenters. The van der Waals surface area contributed by atoms with Crippen molar-refractivity contribution in [2.75, 3.05) is 132 Å². The highest BCUT2D eigenvalue weighted by atomic mass is 31.2.